The van der Waals surface area contributed by atoms with Crippen molar-refractivity contribution >= 4 is 28.3 Å². The lowest BCUT2D eigenvalue weighted by molar-refractivity contribution is -0.127. The Morgan fingerprint density at radius 3 is 2.44 bits per heavy atom. The summed E-state index contributed by atoms with van der Waals surface area (Å²) in [6.45, 7) is 10.6. The fraction of sp³-hybridized carbons (Fsp3) is 0.407. The van der Waals surface area contributed by atoms with E-state index in [0.29, 0.717) is 18.0 Å². The monoisotopic (exact) mass is 478 g/mol. The predicted molar refractivity (Wildman–Crippen MR) is 139 cm³/mol. The van der Waals surface area contributed by atoms with Crippen LogP contribution in [0.25, 0.3) is 10.6 Å². The first kappa shape index (κ1) is 25.6. The van der Waals surface area contributed by atoms with E-state index < -0.39 is 6.04 Å². The van der Waals surface area contributed by atoms with Crippen molar-refractivity contribution in [3.05, 3.63) is 65.7 Å². The number of aryl methyl sites for hydroxylation is 1. The van der Waals surface area contributed by atoms with Crippen molar-refractivity contribution in [3.63, 3.8) is 0 Å². The lowest BCUT2D eigenvalue weighted by atomic mass is 9.84. The highest BCUT2D eigenvalue weighted by molar-refractivity contribution is 7.18. The van der Waals surface area contributed by atoms with E-state index in [2.05, 4.69) is 48.5 Å². The Morgan fingerprint density at radius 2 is 1.76 bits per heavy atom. The lowest BCUT2D eigenvalue weighted by Gasteiger charge is -2.24. The first-order valence-corrected chi connectivity index (χ1v) is 12.5. The van der Waals surface area contributed by atoms with Gasteiger partial charge in [-0.3, -0.25) is 14.9 Å². The molecule has 3 aromatic rings. The summed E-state index contributed by atoms with van der Waals surface area (Å²) in [6.07, 6.45) is 1.71. The summed E-state index contributed by atoms with van der Waals surface area (Å²) in [5.41, 5.74) is 3.21. The van der Waals surface area contributed by atoms with Gasteiger partial charge in [0, 0.05) is 18.4 Å². The summed E-state index contributed by atoms with van der Waals surface area (Å²) in [7, 11) is 0. The number of rotatable bonds is 9. The largest absolute Gasteiger partial charge is 0.344 e. The fourth-order valence-corrected chi connectivity index (χ4v) is 4.85. The molecule has 2 amide bonds. The Kier molecular flexibility index (Phi) is 8.56. The third-order valence-corrected chi connectivity index (χ3v) is 6.24. The number of nitrogens with zero attached hydrogens (tertiary/aromatic N) is 2. The zero-order chi connectivity index (χ0) is 24.7. The minimum atomic E-state index is -0.706. The average molecular weight is 479 g/mol. The van der Waals surface area contributed by atoms with Gasteiger partial charge in [-0.25, -0.2) is 0 Å². The summed E-state index contributed by atoms with van der Waals surface area (Å²) >= 11 is 1.32. The lowest BCUT2D eigenvalue weighted by Crippen LogP contribution is -2.45. The molecule has 0 spiro atoms. The quantitative estimate of drug-likeness (QED) is 0.417. The SMILES string of the molecule is Cc1cccc(-c2nnc(NC(=O)C(Cc3ccccc3)NC(=O)CC(C)CC(C)(C)C)s2)c1. The maximum absolute atomic E-state index is 13.2. The molecule has 0 saturated carbocycles. The third-order valence-electron chi connectivity index (χ3n) is 5.35. The Balaban J connectivity index is 1.70. The standard InChI is InChI=1S/C27H34N4O2S/c1-18-10-9-13-21(14-18)25-30-31-26(34-25)29-24(33)22(16-20-11-7-6-8-12-20)28-23(32)15-19(2)17-27(3,4)5/h6-14,19,22H,15-17H2,1-5H3,(H,28,32)(H,29,31,33). The zero-order valence-electron chi connectivity index (χ0n) is 20.6. The molecule has 6 nitrogen and oxygen atoms in total. The molecule has 7 heteroatoms. The van der Waals surface area contributed by atoms with Crippen molar-refractivity contribution in [1.82, 2.24) is 15.5 Å². The number of benzene rings is 2. The van der Waals surface area contributed by atoms with E-state index in [1.165, 1.54) is 11.3 Å². The van der Waals surface area contributed by atoms with Crippen LogP contribution in [-0.4, -0.2) is 28.1 Å². The highest BCUT2D eigenvalue weighted by atomic mass is 32.1. The van der Waals surface area contributed by atoms with Gasteiger partial charge in [0.15, 0.2) is 0 Å². The van der Waals surface area contributed by atoms with E-state index in [9.17, 15) is 9.59 Å². The molecule has 2 unspecified atom stereocenters. The molecule has 2 aromatic carbocycles. The minimum absolute atomic E-state index is 0.120. The summed E-state index contributed by atoms with van der Waals surface area (Å²) in [4.78, 5) is 26.0. The number of hydrogen-bond acceptors (Lipinski definition) is 5. The molecular formula is C27H34N4O2S. The van der Waals surface area contributed by atoms with Gasteiger partial charge >= 0.3 is 0 Å². The molecule has 1 heterocycles. The molecule has 0 aliphatic heterocycles. The second-order valence-corrected chi connectivity index (χ2v) is 11.1. The van der Waals surface area contributed by atoms with Crippen molar-refractivity contribution in [1.29, 1.82) is 0 Å². The second-order valence-electron chi connectivity index (χ2n) is 10.2. The first-order chi connectivity index (χ1) is 16.1. The first-order valence-electron chi connectivity index (χ1n) is 11.6. The number of carbonyl (C=O) groups is 2. The number of amides is 2. The molecule has 3 rings (SSSR count). The minimum Gasteiger partial charge on any atom is -0.344 e. The van der Waals surface area contributed by atoms with Crippen LogP contribution in [0.3, 0.4) is 0 Å². The molecule has 0 bridgehead atoms. The van der Waals surface area contributed by atoms with Crippen LogP contribution in [0.4, 0.5) is 5.13 Å². The summed E-state index contributed by atoms with van der Waals surface area (Å²) in [5.74, 6) is -0.196. The van der Waals surface area contributed by atoms with Crippen LogP contribution in [0, 0.1) is 18.3 Å². The molecule has 0 aliphatic rings. The number of carbonyl (C=O) groups excluding carboxylic acids is 2. The van der Waals surface area contributed by atoms with E-state index in [4.69, 9.17) is 0 Å². The van der Waals surface area contributed by atoms with E-state index in [1.807, 2.05) is 61.5 Å². The van der Waals surface area contributed by atoms with E-state index >= 15 is 0 Å². The van der Waals surface area contributed by atoms with Gasteiger partial charge in [-0.05, 0) is 36.3 Å². The number of anilines is 1. The van der Waals surface area contributed by atoms with Crippen molar-refractivity contribution < 1.29 is 9.59 Å². The normalized spacial score (nSPS) is 13.2. The number of nitrogens with one attached hydrogen (secondary N) is 2. The highest BCUT2D eigenvalue weighted by Gasteiger charge is 2.25. The van der Waals surface area contributed by atoms with Crippen LogP contribution in [0.15, 0.2) is 54.6 Å². The van der Waals surface area contributed by atoms with Crippen molar-refractivity contribution in [2.75, 3.05) is 5.32 Å². The van der Waals surface area contributed by atoms with Gasteiger partial charge in [-0.2, -0.15) is 0 Å². The Morgan fingerprint density at radius 1 is 1.03 bits per heavy atom. The van der Waals surface area contributed by atoms with Crippen LogP contribution >= 0.6 is 11.3 Å². The predicted octanol–water partition coefficient (Wildman–Crippen LogP) is 5.64. The van der Waals surface area contributed by atoms with Gasteiger partial charge in [0.25, 0.3) is 0 Å². The highest BCUT2D eigenvalue weighted by Crippen LogP contribution is 2.27. The van der Waals surface area contributed by atoms with Gasteiger partial charge in [0.05, 0.1) is 0 Å². The van der Waals surface area contributed by atoms with Gasteiger partial charge < -0.3 is 5.32 Å². The van der Waals surface area contributed by atoms with Crippen LogP contribution in [-0.2, 0) is 16.0 Å². The van der Waals surface area contributed by atoms with Gasteiger partial charge in [-0.15, -0.1) is 10.2 Å². The molecule has 0 radical (unpaired) electrons. The second kappa shape index (κ2) is 11.4. The molecule has 2 N–H and O–H groups in total. The van der Waals surface area contributed by atoms with Crippen LogP contribution in [0.1, 0.15) is 51.7 Å². The smallest absolute Gasteiger partial charge is 0.249 e. The van der Waals surface area contributed by atoms with E-state index in [-0.39, 0.29) is 23.1 Å². The third kappa shape index (κ3) is 8.06. The molecular weight excluding hydrogens is 444 g/mol. The number of aromatic nitrogens is 2. The van der Waals surface area contributed by atoms with E-state index in [0.717, 1.165) is 28.1 Å². The fourth-order valence-electron chi connectivity index (χ4n) is 4.11. The van der Waals surface area contributed by atoms with Crippen LogP contribution in [0.5, 0.6) is 0 Å². The maximum Gasteiger partial charge on any atom is 0.249 e. The van der Waals surface area contributed by atoms with Crippen molar-refractivity contribution in [3.8, 4) is 10.6 Å². The molecule has 34 heavy (non-hydrogen) atoms. The zero-order valence-corrected chi connectivity index (χ0v) is 21.4. The molecule has 180 valence electrons. The molecule has 2 atom stereocenters. The van der Waals surface area contributed by atoms with Gasteiger partial charge in [0.2, 0.25) is 16.9 Å². The molecule has 0 fully saturated rings. The molecule has 0 aliphatic carbocycles. The summed E-state index contributed by atoms with van der Waals surface area (Å²) in [5, 5.41) is 15.3. The Bertz CT molecular complexity index is 1110. The van der Waals surface area contributed by atoms with Gasteiger partial charge in [-0.1, -0.05) is 93.1 Å². The van der Waals surface area contributed by atoms with Crippen LogP contribution < -0.4 is 10.6 Å². The Labute approximate surface area is 206 Å². The van der Waals surface area contributed by atoms with Crippen molar-refractivity contribution in [2.24, 2.45) is 11.3 Å². The topological polar surface area (TPSA) is 84.0 Å². The van der Waals surface area contributed by atoms with Crippen molar-refractivity contribution in [2.45, 2.75) is 59.9 Å². The molecule has 1 aromatic heterocycles. The molecule has 0 saturated heterocycles. The van der Waals surface area contributed by atoms with Crippen LogP contribution in [0.2, 0.25) is 0 Å². The maximum atomic E-state index is 13.2. The van der Waals surface area contributed by atoms with Gasteiger partial charge in [0.1, 0.15) is 11.0 Å². The Hall–Kier alpha value is -3.06. The van der Waals surface area contributed by atoms with E-state index in [1.54, 1.807) is 0 Å². The average Bonchev–Trinajstić information content (AvgIpc) is 3.21. The number of hydrogen-bond donors (Lipinski definition) is 2. The summed E-state index contributed by atoms with van der Waals surface area (Å²) < 4.78 is 0. The summed E-state index contributed by atoms with van der Waals surface area (Å²) in [6, 6.07) is 17.0.